The number of hydrogen-bond donors (Lipinski definition) is 1. The molecule has 1 aliphatic heterocycles. The average molecular weight is 203 g/mol. The fourth-order valence-electron chi connectivity index (χ4n) is 2.12. The van der Waals surface area contributed by atoms with Crippen molar-refractivity contribution in [3.8, 4) is 0 Å². The number of fused-ring (bicyclic) bond motifs is 1. The first-order chi connectivity index (χ1) is 5.06. The topological polar surface area (TPSA) is 12.0 Å². The molecule has 12 heavy (non-hydrogen) atoms. The zero-order valence-electron chi connectivity index (χ0n) is 7.12. The van der Waals surface area contributed by atoms with Crippen molar-refractivity contribution in [1.82, 2.24) is 5.32 Å². The van der Waals surface area contributed by atoms with Crippen LogP contribution in [0.15, 0.2) is 0 Å². The molecule has 1 heterocycles. The quantitative estimate of drug-likeness (QED) is 0.516. The zero-order chi connectivity index (χ0) is 8.11. The van der Waals surface area contributed by atoms with Crippen LogP contribution in [0.4, 0.5) is 12.9 Å². The predicted molar refractivity (Wildman–Crippen MR) is 37.4 cm³/mol. The number of piperidine rings is 1. The van der Waals surface area contributed by atoms with Gasteiger partial charge in [0, 0.05) is 0 Å². The monoisotopic (exact) mass is 203 g/mol. The molecule has 2 atom stereocenters. The van der Waals surface area contributed by atoms with Crippen LogP contribution in [0, 0.1) is 5.92 Å². The molecule has 1 saturated carbocycles. The second-order valence-electron chi connectivity index (χ2n) is 3.67. The normalized spacial score (nSPS) is 39.8. The van der Waals surface area contributed by atoms with E-state index in [0.29, 0.717) is 12.8 Å². The molecule has 0 radical (unpaired) electrons. The van der Waals surface area contributed by atoms with Gasteiger partial charge in [-0.1, -0.05) is 12.3 Å². The van der Waals surface area contributed by atoms with Gasteiger partial charge in [0.05, 0.1) is 0 Å². The Morgan fingerprint density at radius 2 is 2.00 bits per heavy atom. The Morgan fingerprint density at radius 1 is 1.33 bits per heavy atom. The Morgan fingerprint density at radius 3 is 2.42 bits per heavy atom. The third kappa shape index (κ3) is 1.66. The molecular formula is C6H10BF3KN. The van der Waals surface area contributed by atoms with E-state index < -0.39 is 12.3 Å². The van der Waals surface area contributed by atoms with Crippen LogP contribution in [0.25, 0.3) is 0 Å². The van der Waals surface area contributed by atoms with E-state index in [0.717, 1.165) is 6.54 Å². The van der Waals surface area contributed by atoms with Crippen LogP contribution in [0.5, 0.6) is 0 Å². The van der Waals surface area contributed by atoms with E-state index >= 15 is 0 Å². The minimum Gasteiger partial charge on any atom is -0.448 e. The molecule has 0 bridgehead atoms. The van der Waals surface area contributed by atoms with Gasteiger partial charge in [0.1, 0.15) is 0 Å². The van der Waals surface area contributed by atoms with Gasteiger partial charge in [0.15, 0.2) is 0 Å². The fraction of sp³-hybridized carbons (Fsp3) is 1.00. The van der Waals surface area contributed by atoms with Gasteiger partial charge in [0.25, 0.3) is 0 Å². The second-order valence-corrected chi connectivity index (χ2v) is 3.67. The number of nitrogens with one attached hydrogen (secondary N) is 1. The molecule has 2 fully saturated rings. The molecular weight excluding hydrogens is 193 g/mol. The van der Waals surface area contributed by atoms with Crippen molar-refractivity contribution in [2.75, 3.05) is 13.1 Å². The van der Waals surface area contributed by atoms with Crippen molar-refractivity contribution in [1.29, 1.82) is 0 Å². The summed E-state index contributed by atoms with van der Waals surface area (Å²) < 4.78 is 37.2. The van der Waals surface area contributed by atoms with Crippen LogP contribution < -0.4 is 56.7 Å². The van der Waals surface area contributed by atoms with Crippen molar-refractivity contribution < 1.29 is 64.3 Å². The molecule has 0 aromatic carbocycles. The summed E-state index contributed by atoms with van der Waals surface area (Å²) in [7, 11) is 0. The van der Waals surface area contributed by atoms with Crippen molar-refractivity contribution in [3.05, 3.63) is 0 Å². The Labute approximate surface area is 112 Å². The molecule has 1 aliphatic carbocycles. The molecule has 0 aromatic heterocycles. The van der Waals surface area contributed by atoms with E-state index in [9.17, 15) is 12.9 Å². The standard InChI is InChI=1S/C6H10BF3N.K/c8-7(9,10)6-3-5(6)1-2-11-4-6;/h5,11H,1-4H2;/q-1;+1/t5-,6+;/m1./s1. The number of rotatable bonds is 1. The van der Waals surface area contributed by atoms with Gasteiger partial charge >= 0.3 is 58.4 Å². The van der Waals surface area contributed by atoms with E-state index in [4.69, 9.17) is 0 Å². The van der Waals surface area contributed by atoms with Crippen LogP contribution in [0.1, 0.15) is 12.8 Å². The van der Waals surface area contributed by atoms with Gasteiger partial charge in [-0.2, -0.15) is 0 Å². The maximum Gasteiger partial charge on any atom is 1.00 e. The van der Waals surface area contributed by atoms with Crippen molar-refractivity contribution in [3.63, 3.8) is 0 Å². The Bertz CT molecular complexity index is 186. The molecule has 0 amide bonds. The first-order valence-electron chi connectivity index (χ1n) is 3.96. The van der Waals surface area contributed by atoms with Gasteiger partial charge < -0.3 is 18.3 Å². The Kier molecular flexibility index (Phi) is 3.41. The summed E-state index contributed by atoms with van der Waals surface area (Å²) in [6, 6.07) is 0. The molecule has 2 aliphatic rings. The molecule has 1 nitrogen and oxygen atoms in total. The molecule has 2 rings (SSSR count). The summed E-state index contributed by atoms with van der Waals surface area (Å²) in [5.74, 6) is -0.0521. The average Bonchev–Trinajstić information content (AvgIpc) is 2.59. The van der Waals surface area contributed by atoms with Crippen LogP contribution >= 0.6 is 0 Å². The number of hydrogen-bond acceptors (Lipinski definition) is 1. The maximum absolute atomic E-state index is 12.4. The smallest absolute Gasteiger partial charge is 0.448 e. The Balaban J connectivity index is 0.000000720. The predicted octanol–water partition coefficient (Wildman–Crippen LogP) is -1.41. The fourth-order valence-corrected chi connectivity index (χ4v) is 2.12. The van der Waals surface area contributed by atoms with Crippen LogP contribution in [0.3, 0.4) is 0 Å². The minimum atomic E-state index is -4.61. The molecule has 0 unspecified atom stereocenters. The van der Waals surface area contributed by atoms with Gasteiger partial charge in [-0.15, -0.1) is 0 Å². The first kappa shape index (κ1) is 11.5. The van der Waals surface area contributed by atoms with Crippen molar-refractivity contribution in [2.45, 2.75) is 18.2 Å². The van der Waals surface area contributed by atoms with Crippen molar-refractivity contribution >= 4 is 6.98 Å². The third-order valence-electron chi connectivity index (χ3n) is 3.05. The van der Waals surface area contributed by atoms with Gasteiger partial charge in [-0.3, -0.25) is 0 Å². The SMILES string of the molecule is F[B-](F)(F)[C@@]12CNCC[C@@H]1C2.[K+]. The van der Waals surface area contributed by atoms with E-state index in [1.54, 1.807) is 0 Å². The molecule has 1 N–H and O–H groups in total. The number of halogens is 3. The summed E-state index contributed by atoms with van der Waals surface area (Å²) >= 11 is 0. The minimum absolute atomic E-state index is 0. The van der Waals surface area contributed by atoms with E-state index in [1.165, 1.54) is 0 Å². The Hall–Kier alpha value is 1.45. The molecule has 0 aromatic rings. The summed E-state index contributed by atoms with van der Waals surface area (Å²) in [4.78, 5) is 0. The summed E-state index contributed by atoms with van der Waals surface area (Å²) in [6.45, 7) is -3.68. The second kappa shape index (κ2) is 3.55. The van der Waals surface area contributed by atoms with Gasteiger partial charge in [-0.25, -0.2) is 0 Å². The first-order valence-corrected chi connectivity index (χ1v) is 3.96. The molecule has 6 heteroatoms. The van der Waals surface area contributed by atoms with Crippen molar-refractivity contribution in [2.24, 2.45) is 5.92 Å². The third-order valence-corrected chi connectivity index (χ3v) is 3.05. The van der Waals surface area contributed by atoms with Crippen LogP contribution in [-0.4, -0.2) is 20.1 Å². The maximum atomic E-state index is 12.4. The van der Waals surface area contributed by atoms with Crippen LogP contribution in [-0.2, 0) is 0 Å². The molecule has 64 valence electrons. The van der Waals surface area contributed by atoms with E-state index in [2.05, 4.69) is 5.32 Å². The molecule has 0 spiro atoms. The van der Waals surface area contributed by atoms with Gasteiger partial charge in [0.2, 0.25) is 0 Å². The van der Waals surface area contributed by atoms with E-state index in [1.807, 2.05) is 0 Å². The largest absolute Gasteiger partial charge is 1.00 e. The van der Waals surface area contributed by atoms with Gasteiger partial charge in [-0.05, 0) is 24.8 Å². The van der Waals surface area contributed by atoms with Crippen LogP contribution in [0.2, 0.25) is 5.31 Å². The molecule has 1 saturated heterocycles. The summed E-state index contributed by atoms with van der Waals surface area (Å²) in [6.07, 6.45) is 1.09. The zero-order valence-corrected chi connectivity index (χ0v) is 10.2. The van der Waals surface area contributed by atoms with E-state index in [-0.39, 0.29) is 63.8 Å². The summed E-state index contributed by atoms with van der Waals surface area (Å²) in [5, 5.41) is 1.55. The summed E-state index contributed by atoms with van der Waals surface area (Å²) in [5.41, 5.74) is 0.